The zero-order valence-electron chi connectivity index (χ0n) is 9.77. The second kappa shape index (κ2) is 4.52. The largest absolute Gasteiger partial charge is 0.341 e. The standard InChI is InChI=1S/C13H18N2S/c1-9(2)15-12(8-16)6-10-4-3-5-11(7-14)13(10)15/h3-6,9,16H,7-8,14H2,1-2H3. The van der Waals surface area contributed by atoms with E-state index in [2.05, 4.69) is 55.3 Å². The molecule has 0 radical (unpaired) electrons. The van der Waals surface area contributed by atoms with Gasteiger partial charge < -0.3 is 10.3 Å². The van der Waals surface area contributed by atoms with Crippen LogP contribution in [0.4, 0.5) is 0 Å². The van der Waals surface area contributed by atoms with Gasteiger partial charge in [-0.15, -0.1) is 0 Å². The first-order valence-corrected chi connectivity index (χ1v) is 6.25. The molecule has 1 heterocycles. The Bertz CT molecular complexity index is 500. The van der Waals surface area contributed by atoms with Crippen LogP contribution in [0, 0.1) is 0 Å². The Kier molecular flexibility index (Phi) is 3.26. The highest BCUT2D eigenvalue weighted by Crippen LogP contribution is 2.27. The van der Waals surface area contributed by atoms with Crippen molar-refractivity contribution in [3.05, 3.63) is 35.5 Å². The van der Waals surface area contributed by atoms with E-state index in [1.807, 2.05) is 0 Å². The highest BCUT2D eigenvalue weighted by atomic mass is 32.1. The van der Waals surface area contributed by atoms with E-state index in [9.17, 15) is 0 Å². The van der Waals surface area contributed by atoms with Gasteiger partial charge in [0, 0.05) is 29.4 Å². The number of para-hydroxylation sites is 1. The number of hydrogen-bond acceptors (Lipinski definition) is 2. The summed E-state index contributed by atoms with van der Waals surface area (Å²) in [5.41, 5.74) is 9.54. The maximum atomic E-state index is 5.80. The molecule has 0 aliphatic heterocycles. The SMILES string of the molecule is CC(C)n1c(CS)cc2cccc(CN)c21. The molecule has 0 aliphatic carbocycles. The first kappa shape index (κ1) is 11.6. The first-order valence-electron chi connectivity index (χ1n) is 5.61. The second-order valence-electron chi connectivity index (χ2n) is 4.32. The minimum atomic E-state index is 0.437. The highest BCUT2D eigenvalue weighted by molar-refractivity contribution is 7.79. The molecule has 0 unspecified atom stereocenters. The highest BCUT2D eigenvalue weighted by Gasteiger charge is 2.12. The number of aromatic nitrogens is 1. The van der Waals surface area contributed by atoms with Gasteiger partial charge in [-0.1, -0.05) is 18.2 Å². The summed E-state index contributed by atoms with van der Waals surface area (Å²) >= 11 is 4.40. The van der Waals surface area contributed by atoms with E-state index in [4.69, 9.17) is 5.73 Å². The number of nitrogens with two attached hydrogens (primary N) is 1. The van der Waals surface area contributed by atoms with Crippen molar-refractivity contribution in [3.8, 4) is 0 Å². The number of fused-ring (bicyclic) bond motifs is 1. The zero-order valence-corrected chi connectivity index (χ0v) is 10.7. The van der Waals surface area contributed by atoms with Gasteiger partial charge in [-0.05, 0) is 25.5 Å². The fraction of sp³-hybridized carbons (Fsp3) is 0.385. The van der Waals surface area contributed by atoms with Crippen molar-refractivity contribution in [1.29, 1.82) is 0 Å². The molecule has 2 aromatic rings. The summed E-state index contributed by atoms with van der Waals surface area (Å²) in [5, 5.41) is 1.26. The molecule has 0 saturated carbocycles. The molecule has 2 nitrogen and oxygen atoms in total. The van der Waals surface area contributed by atoms with Gasteiger partial charge in [0.25, 0.3) is 0 Å². The molecule has 86 valence electrons. The molecule has 0 atom stereocenters. The van der Waals surface area contributed by atoms with Crippen LogP contribution in [0.1, 0.15) is 31.1 Å². The van der Waals surface area contributed by atoms with Gasteiger partial charge in [-0.25, -0.2) is 0 Å². The van der Waals surface area contributed by atoms with Crippen LogP contribution in [0.2, 0.25) is 0 Å². The van der Waals surface area contributed by atoms with Gasteiger partial charge in [0.15, 0.2) is 0 Å². The minimum Gasteiger partial charge on any atom is -0.341 e. The molecular weight excluding hydrogens is 216 g/mol. The Labute approximate surface area is 102 Å². The zero-order chi connectivity index (χ0) is 11.7. The van der Waals surface area contributed by atoms with Crippen molar-refractivity contribution in [3.63, 3.8) is 0 Å². The van der Waals surface area contributed by atoms with Crippen LogP contribution in [0.15, 0.2) is 24.3 Å². The van der Waals surface area contributed by atoms with Crippen molar-refractivity contribution < 1.29 is 0 Å². The van der Waals surface area contributed by atoms with Crippen molar-refractivity contribution in [1.82, 2.24) is 4.57 Å². The summed E-state index contributed by atoms with van der Waals surface area (Å²) in [6.07, 6.45) is 0. The molecule has 0 bridgehead atoms. The topological polar surface area (TPSA) is 30.9 Å². The van der Waals surface area contributed by atoms with Crippen molar-refractivity contribution >= 4 is 23.5 Å². The Morgan fingerprint density at radius 3 is 2.69 bits per heavy atom. The minimum absolute atomic E-state index is 0.437. The lowest BCUT2D eigenvalue weighted by molar-refractivity contribution is 0.604. The summed E-state index contributed by atoms with van der Waals surface area (Å²) in [6, 6.07) is 8.95. The van der Waals surface area contributed by atoms with Gasteiger partial charge in [0.2, 0.25) is 0 Å². The lowest BCUT2D eigenvalue weighted by Crippen LogP contribution is -2.07. The number of benzene rings is 1. The van der Waals surface area contributed by atoms with E-state index < -0.39 is 0 Å². The lowest BCUT2D eigenvalue weighted by atomic mass is 10.1. The Morgan fingerprint density at radius 1 is 1.38 bits per heavy atom. The fourth-order valence-electron chi connectivity index (χ4n) is 2.29. The Morgan fingerprint density at radius 2 is 2.12 bits per heavy atom. The average Bonchev–Trinajstić information content (AvgIpc) is 2.66. The number of thiol groups is 1. The summed E-state index contributed by atoms with van der Waals surface area (Å²) < 4.78 is 2.34. The molecule has 3 heteroatoms. The molecule has 16 heavy (non-hydrogen) atoms. The molecule has 0 amide bonds. The van der Waals surface area contributed by atoms with Crippen molar-refractivity contribution in [2.45, 2.75) is 32.2 Å². The van der Waals surface area contributed by atoms with Crippen LogP contribution >= 0.6 is 12.6 Å². The Hall–Kier alpha value is -0.930. The molecule has 1 aromatic carbocycles. The van der Waals surface area contributed by atoms with Crippen molar-refractivity contribution in [2.24, 2.45) is 5.73 Å². The van der Waals surface area contributed by atoms with Crippen molar-refractivity contribution in [2.75, 3.05) is 0 Å². The molecule has 0 saturated heterocycles. The van der Waals surface area contributed by atoms with E-state index in [1.54, 1.807) is 0 Å². The van der Waals surface area contributed by atoms with E-state index in [-0.39, 0.29) is 0 Å². The molecule has 2 rings (SSSR count). The molecule has 2 N–H and O–H groups in total. The van der Waals surface area contributed by atoms with E-state index in [0.717, 1.165) is 5.75 Å². The monoisotopic (exact) mass is 234 g/mol. The molecule has 0 fully saturated rings. The van der Waals surface area contributed by atoms with Gasteiger partial charge in [0.1, 0.15) is 0 Å². The maximum absolute atomic E-state index is 5.80. The van der Waals surface area contributed by atoms with Crippen LogP contribution < -0.4 is 5.73 Å². The van der Waals surface area contributed by atoms with Crippen LogP contribution in [-0.2, 0) is 12.3 Å². The molecular formula is C13H18N2S. The van der Waals surface area contributed by atoms with E-state index in [1.165, 1.54) is 22.2 Å². The van der Waals surface area contributed by atoms with Crippen LogP contribution in [0.25, 0.3) is 10.9 Å². The van der Waals surface area contributed by atoms with Gasteiger partial charge in [-0.2, -0.15) is 12.6 Å². The molecule has 1 aromatic heterocycles. The Balaban J connectivity index is 2.80. The third-order valence-corrected chi connectivity index (χ3v) is 3.25. The predicted molar refractivity (Wildman–Crippen MR) is 72.9 cm³/mol. The normalized spacial score (nSPS) is 11.6. The molecule has 0 aliphatic rings. The first-order chi connectivity index (χ1) is 7.69. The average molecular weight is 234 g/mol. The van der Waals surface area contributed by atoms with Gasteiger partial charge in [-0.3, -0.25) is 0 Å². The van der Waals surface area contributed by atoms with Crippen LogP contribution in [-0.4, -0.2) is 4.57 Å². The summed E-state index contributed by atoms with van der Waals surface area (Å²) in [4.78, 5) is 0. The maximum Gasteiger partial charge on any atom is 0.0530 e. The van der Waals surface area contributed by atoms with E-state index >= 15 is 0 Å². The summed E-state index contributed by atoms with van der Waals surface area (Å²) in [6.45, 7) is 4.97. The third kappa shape index (κ3) is 1.74. The second-order valence-corrected chi connectivity index (χ2v) is 4.63. The molecule has 0 spiro atoms. The van der Waals surface area contributed by atoms with Gasteiger partial charge >= 0.3 is 0 Å². The summed E-state index contributed by atoms with van der Waals surface area (Å²) in [7, 11) is 0. The van der Waals surface area contributed by atoms with Crippen LogP contribution in [0.5, 0.6) is 0 Å². The number of hydrogen-bond donors (Lipinski definition) is 2. The predicted octanol–water partition coefficient (Wildman–Crippen LogP) is 3.11. The number of nitrogens with zero attached hydrogens (tertiary/aromatic N) is 1. The third-order valence-electron chi connectivity index (χ3n) is 2.92. The lowest BCUT2D eigenvalue weighted by Gasteiger charge is -2.15. The number of rotatable bonds is 3. The van der Waals surface area contributed by atoms with E-state index in [0.29, 0.717) is 12.6 Å². The smallest absolute Gasteiger partial charge is 0.0530 e. The quantitative estimate of drug-likeness (QED) is 0.786. The summed E-state index contributed by atoms with van der Waals surface area (Å²) in [5.74, 6) is 0.761. The van der Waals surface area contributed by atoms with Gasteiger partial charge in [0.05, 0.1) is 5.52 Å². The fourth-order valence-corrected chi connectivity index (χ4v) is 2.53. The van der Waals surface area contributed by atoms with Crippen LogP contribution in [0.3, 0.4) is 0 Å².